The minimum absolute atomic E-state index is 0.272. The standard InChI is InChI=1S/C15H17BrClNO3/c1-2-9-5-6-18(13(7-9)15(20)21)14(19)10-3-4-11(16)12(17)8-10/h3-4,8-9,13H,2,5-7H2,1H3,(H,20,21). The Kier molecular flexibility index (Phi) is 5.27. The lowest BCUT2D eigenvalue weighted by atomic mass is 9.88. The highest BCUT2D eigenvalue weighted by Gasteiger charge is 2.36. The Morgan fingerprint density at radius 2 is 2.19 bits per heavy atom. The first-order chi connectivity index (χ1) is 9.93. The van der Waals surface area contributed by atoms with Crippen LogP contribution < -0.4 is 0 Å². The number of benzene rings is 1. The number of nitrogens with zero attached hydrogens (tertiary/aromatic N) is 1. The number of rotatable bonds is 3. The summed E-state index contributed by atoms with van der Waals surface area (Å²) in [7, 11) is 0. The van der Waals surface area contributed by atoms with Crippen LogP contribution in [0.2, 0.25) is 5.02 Å². The highest BCUT2D eigenvalue weighted by molar-refractivity contribution is 9.10. The molecule has 2 rings (SSSR count). The molecule has 2 atom stereocenters. The molecule has 1 aliphatic heterocycles. The summed E-state index contributed by atoms with van der Waals surface area (Å²) in [6.07, 6.45) is 2.30. The van der Waals surface area contributed by atoms with Gasteiger partial charge in [0.2, 0.25) is 0 Å². The summed E-state index contributed by atoms with van der Waals surface area (Å²) in [5.74, 6) is -0.847. The summed E-state index contributed by atoms with van der Waals surface area (Å²) >= 11 is 9.28. The number of halogens is 2. The van der Waals surface area contributed by atoms with Gasteiger partial charge in [0, 0.05) is 16.6 Å². The minimum Gasteiger partial charge on any atom is -0.480 e. The summed E-state index contributed by atoms with van der Waals surface area (Å²) in [6, 6.07) is 4.17. The third-order valence-electron chi connectivity index (χ3n) is 4.00. The molecule has 4 nitrogen and oxygen atoms in total. The Labute approximate surface area is 137 Å². The maximum Gasteiger partial charge on any atom is 0.326 e. The molecule has 1 aromatic carbocycles. The van der Waals surface area contributed by atoms with Crippen molar-refractivity contribution in [2.45, 2.75) is 32.2 Å². The predicted octanol–water partition coefficient (Wildman–Crippen LogP) is 3.82. The normalized spacial score (nSPS) is 22.1. The van der Waals surface area contributed by atoms with Crippen molar-refractivity contribution >= 4 is 39.4 Å². The number of amides is 1. The SMILES string of the molecule is CCC1CCN(C(=O)c2ccc(Br)c(Cl)c2)C(C(=O)O)C1. The third kappa shape index (κ3) is 3.58. The highest BCUT2D eigenvalue weighted by atomic mass is 79.9. The van der Waals surface area contributed by atoms with Crippen LogP contribution in [-0.2, 0) is 4.79 Å². The summed E-state index contributed by atoms with van der Waals surface area (Å²) in [5, 5.41) is 9.83. The van der Waals surface area contributed by atoms with Crippen molar-refractivity contribution < 1.29 is 14.7 Å². The van der Waals surface area contributed by atoms with Crippen LogP contribution >= 0.6 is 27.5 Å². The van der Waals surface area contributed by atoms with Crippen LogP contribution in [0.4, 0.5) is 0 Å². The van der Waals surface area contributed by atoms with Gasteiger partial charge in [-0.1, -0.05) is 24.9 Å². The Hall–Kier alpha value is -1.07. The third-order valence-corrected chi connectivity index (χ3v) is 5.23. The van der Waals surface area contributed by atoms with Gasteiger partial charge >= 0.3 is 5.97 Å². The molecular formula is C15H17BrClNO3. The molecular weight excluding hydrogens is 358 g/mol. The lowest BCUT2D eigenvalue weighted by molar-refractivity contribution is -0.144. The number of piperidine rings is 1. The van der Waals surface area contributed by atoms with E-state index in [-0.39, 0.29) is 5.91 Å². The first kappa shape index (κ1) is 16.3. The molecule has 0 bridgehead atoms. The van der Waals surface area contributed by atoms with Crippen molar-refractivity contribution in [3.8, 4) is 0 Å². The van der Waals surface area contributed by atoms with Gasteiger partial charge in [-0.2, -0.15) is 0 Å². The van der Waals surface area contributed by atoms with Crippen molar-refractivity contribution in [3.05, 3.63) is 33.3 Å². The van der Waals surface area contributed by atoms with Gasteiger partial charge in [-0.15, -0.1) is 0 Å². The zero-order valence-electron chi connectivity index (χ0n) is 11.7. The second kappa shape index (κ2) is 6.79. The van der Waals surface area contributed by atoms with Gasteiger partial charge in [-0.3, -0.25) is 4.79 Å². The molecule has 1 heterocycles. The Morgan fingerprint density at radius 1 is 1.48 bits per heavy atom. The van der Waals surface area contributed by atoms with Crippen LogP contribution in [0.25, 0.3) is 0 Å². The summed E-state index contributed by atoms with van der Waals surface area (Å²) in [6.45, 7) is 2.53. The average Bonchev–Trinajstić information content (AvgIpc) is 2.48. The monoisotopic (exact) mass is 373 g/mol. The van der Waals surface area contributed by atoms with E-state index in [1.807, 2.05) is 0 Å². The first-order valence-corrected chi connectivity index (χ1v) is 8.10. The summed E-state index contributed by atoms with van der Waals surface area (Å²) < 4.78 is 0.709. The minimum atomic E-state index is -0.940. The fourth-order valence-electron chi connectivity index (χ4n) is 2.68. The number of likely N-dealkylation sites (tertiary alicyclic amines) is 1. The van der Waals surface area contributed by atoms with Crippen molar-refractivity contribution in [1.82, 2.24) is 4.90 Å². The number of aliphatic carboxylic acids is 1. The van der Waals surface area contributed by atoms with Crippen molar-refractivity contribution in [2.75, 3.05) is 6.54 Å². The zero-order chi connectivity index (χ0) is 15.6. The number of carboxylic acid groups (broad SMARTS) is 1. The van der Waals surface area contributed by atoms with Crippen LogP contribution in [0.15, 0.2) is 22.7 Å². The molecule has 1 aromatic rings. The van der Waals surface area contributed by atoms with E-state index >= 15 is 0 Å². The lowest BCUT2D eigenvalue weighted by Crippen LogP contribution is -2.50. The molecule has 1 amide bonds. The average molecular weight is 375 g/mol. The number of carbonyl (C=O) groups is 2. The molecule has 1 saturated heterocycles. The Bertz CT molecular complexity index is 564. The van der Waals surface area contributed by atoms with Gasteiger partial charge in [0.1, 0.15) is 6.04 Å². The second-order valence-electron chi connectivity index (χ2n) is 5.28. The fourth-order valence-corrected chi connectivity index (χ4v) is 3.11. The molecule has 0 saturated carbocycles. The van der Waals surface area contributed by atoms with Crippen LogP contribution in [0.5, 0.6) is 0 Å². The smallest absolute Gasteiger partial charge is 0.326 e. The number of carboxylic acids is 1. The van der Waals surface area contributed by atoms with Crippen LogP contribution in [0.1, 0.15) is 36.5 Å². The molecule has 1 N–H and O–H groups in total. The Balaban J connectivity index is 2.24. The van der Waals surface area contributed by atoms with Crippen LogP contribution in [0, 0.1) is 5.92 Å². The van der Waals surface area contributed by atoms with E-state index in [1.54, 1.807) is 18.2 Å². The summed E-state index contributed by atoms with van der Waals surface area (Å²) in [4.78, 5) is 25.5. The van der Waals surface area contributed by atoms with Gasteiger partial charge in [0.05, 0.1) is 5.02 Å². The van der Waals surface area contributed by atoms with E-state index in [0.717, 1.165) is 12.8 Å². The molecule has 0 spiro atoms. The van der Waals surface area contributed by atoms with E-state index in [9.17, 15) is 14.7 Å². The van der Waals surface area contributed by atoms with E-state index in [4.69, 9.17) is 11.6 Å². The molecule has 1 fully saturated rings. The Morgan fingerprint density at radius 3 is 2.76 bits per heavy atom. The van der Waals surface area contributed by atoms with Gasteiger partial charge in [-0.25, -0.2) is 4.79 Å². The van der Waals surface area contributed by atoms with Crippen LogP contribution in [0.3, 0.4) is 0 Å². The van der Waals surface area contributed by atoms with Gasteiger partial charge < -0.3 is 10.0 Å². The second-order valence-corrected chi connectivity index (χ2v) is 6.54. The molecule has 0 aliphatic carbocycles. The molecule has 0 aromatic heterocycles. The molecule has 2 unspecified atom stereocenters. The number of hydrogen-bond acceptors (Lipinski definition) is 2. The summed E-state index contributed by atoms with van der Waals surface area (Å²) in [5.41, 5.74) is 0.421. The van der Waals surface area contributed by atoms with E-state index in [0.29, 0.717) is 33.9 Å². The van der Waals surface area contributed by atoms with Gasteiger partial charge in [0.25, 0.3) is 5.91 Å². The molecule has 114 valence electrons. The molecule has 21 heavy (non-hydrogen) atoms. The van der Waals surface area contributed by atoms with Gasteiger partial charge in [0.15, 0.2) is 0 Å². The van der Waals surface area contributed by atoms with Crippen molar-refractivity contribution in [2.24, 2.45) is 5.92 Å². The topological polar surface area (TPSA) is 57.6 Å². The van der Waals surface area contributed by atoms with E-state index in [1.165, 1.54) is 4.90 Å². The maximum atomic E-state index is 12.6. The molecule has 0 radical (unpaired) electrons. The molecule has 1 aliphatic rings. The quantitative estimate of drug-likeness (QED) is 0.875. The maximum absolute atomic E-state index is 12.6. The van der Waals surface area contributed by atoms with Gasteiger partial charge in [-0.05, 0) is 52.9 Å². The van der Waals surface area contributed by atoms with Crippen molar-refractivity contribution in [1.29, 1.82) is 0 Å². The zero-order valence-corrected chi connectivity index (χ0v) is 14.0. The predicted molar refractivity (Wildman–Crippen MR) is 84.6 cm³/mol. The number of carbonyl (C=O) groups excluding carboxylic acids is 1. The van der Waals surface area contributed by atoms with Crippen LogP contribution in [-0.4, -0.2) is 34.5 Å². The fraction of sp³-hybridized carbons (Fsp3) is 0.467. The first-order valence-electron chi connectivity index (χ1n) is 6.92. The van der Waals surface area contributed by atoms with E-state index < -0.39 is 12.0 Å². The highest BCUT2D eigenvalue weighted by Crippen LogP contribution is 2.29. The lowest BCUT2D eigenvalue weighted by Gasteiger charge is -2.37. The van der Waals surface area contributed by atoms with Crippen molar-refractivity contribution in [3.63, 3.8) is 0 Å². The largest absolute Gasteiger partial charge is 0.480 e. The number of hydrogen-bond donors (Lipinski definition) is 1. The van der Waals surface area contributed by atoms with E-state index in [2.05, 4.69) is 22.9 Å². The molecule has 6 heteroatoms.